The van der Waals surface area contributed by atoms with Gasteiger partial charge in [0.05, 0.1) is 4.24 Å². The minimum atomic E-state index is -0.0586. The van der Waals surface area contributed by atoms with Crippen LogP contribution in [0.3, 0.4) is 0 Å². The topological polar surface area (TPSA) is 47.6 Å². The van der Waals surface area contributed by atoms with Crippen molar-refractivity contribution in [3.8, 4) is 12.1 Å². The summed E-state index contributed by atoms with van der Waals surface area (Å²) < 4.78 is 0.162. The molecule has 6 heteroatoms. The van der Waals surface area contributed by atoms with Gasteiger partial charge in [-0.25, -0.2) is 0 Å². The molecule has 2 nitrogen and oxygen atoms in total. The maximum atomic E-state index is 8.07. The van der Waals surface area contributed by atoms with Crippen LogP contribution in [0.1, 0.15) is 0 Å². The molecule has 10 heavy (non-hydrogen) atoms. The molecule has 0 aliphatic carbocycles. The summed E-state index contributed by atoms with van der Waals surface area (Å²) in [6, 6.07) is 3.23. The molecular formula is C4H2N2Na2S2. The minimum absolute atomic E-state index is 0. The molecule has 0 aromatic carbocycles. The monoisotopic (exact) mass is 188 g/mol. The van der Waals surface area contributed by atoms with Gasteiger partial charge in [0, 0.05) is 59.1 Å². The van der Waals surface area contributed by atoms with Crippen LogP contribution in [0, 0.1) is 22.7 Å². The van der Waals surface area contributed by atoms with Crippen molar-refractivity contribution >= 4 is 84.4 Å². The summed E-state index contributed by atoms with van der Waals surface area (Å²) in [6.45, 7) is 0. The van der Waals surface area contributed by atoms with Gasteiger partial charge in [-0.2, -0.15) is 10.5 Å². The van der Waals surface area contributed by atoms with E-state index in [0.29, 0.717) is 0 Å². The molecule has 0 atom stereocenters. The maximum Gasteiger partial charge on any atom is 0.149 e. The quantitative estimate of drug-likeness (QED) is 0.327. The van der Waals surface area contributed by atoms with Gasteiger partial charge in [-0.1, -0.05) is 0 Å². The first-order valence-electron chi connectivity index (χ1n) is 1.64. The number of nitriles is 2. The third kappa shape index (κ3) is 7.53. The Morgan fingerprint density at radius 3 is 1.30 bits per heavy atom. The van der Waals surface area contributed by atoms with Gasteiger partial charge in [0.1, 0.15) is 17.7 Å². The summed E-state index contributed by atoms with van der Waals surface area (Å²) in [5.74, 6) is 0. The van der Waals surface area contributed by atoms with E-state index in [2.05, 4.69) is 25.3 Å². The Morgan fingerprint density at radius 1 is 1.00 bits per heavy atom. The predicted octanol–water partition coefficient (Wildman–Crippen LogP) is 0.343. The maximum absolute atomic E-state index is 8.07. The van der Waals surface area contributed by atoms with E-state index >= 15 is 0 Å². The van der Waals surface area contributed by atoms with Gasteiger partial charge in [0.25, 0.3) is 0 Å². The fraction of sp³-hybridized carbons (Fsp3) is 0. The van der Waals surface area contributed by atoms with Crippen molar-refractivity contribution in [2.45, 2.75) is 0 Å². The van der Waals surface area contributed by atoms with E-state index in [0.717, 1.165) is 0 Å². The average molecular weight is 188 g/mol. The Bertz CT molecular complexity index is 180. The molecule has 0 bridgehead atoms. The van der Waals surface area contributed by atoms with Crippen LogP contribution in [-0.4, -0.2) is 59.1 Å². The Kier molecular flexibility index (Phi) is 18.2. The second-order valence-electron chi connectivity index (χ2n) is 0.922. The standard InChI is InChI=1S/C4H2N2S2.2Na/c5-1-3(2-6)4(7)8;;/h7-8H;;. The molecule has 0 rings (SSSR count). The van der Waals surface area contributed by atoms with Gasteiger partial charge in [-0.3, -0.25) is 0 Å². The van der Waals surface area contributed by atoms with Crippen LogP contribution in [0.25, 0.3) is 0 Å². The van der Waals surface area contributed by atoms with Crippen LogP contribution in [0.2, 0.25) is 0 Å². The second kappa shape index (κ2) is 10.4. The van der Waals surface area contributed by atoms with Gasteiger partial charge in [0.15, 0.2) is 0 Å². The fourth-order valence-corrected chi connectivity index (χ4v) is 0.325. The van der Waals surface area contributed by atoms with Crippen molar-refractivity contribution in [1.82, 2.24) is 0 Å². The molecule has 0 N–H and O–H groups in total. The van der Waals surface area contributed by atoms with Gasteiger partial charge >= 0.3 is 0 Å². The Balaban J connectivity index is -0.000000245. The van der Waals surface area contributed by atoms with E-state index in [1.54, 1.807) is 12.1 Å². The van der Waals surface area contributed by atoms with Gasteiger partial charge < -0.3 is 0 Å². The predicted molar refractivity (Wildman–Crippen MR) is 47.7 cm³/mol. The Labute approximate surface area is 115 Å². The SMILES string of the molecule is N#CC(C#N)=C(S)S.[Na].[Na]. The van der Waals surface area contributed by atoms with Crippen molar-refractivity contribution in [2.75, 3.05) is 0 Å². The first-order valence-corrected chi connectivity index (χ1v) is 2.54. The normalized spacial score (nSPS) is 5.20. The molecule has 0 aliphatic heterocycles. The van der Waals surface area contributed by atoms with Gasteiger partial charge in [0.2, 0.25) is 0 Å². The van der Waals surface area contributed by atoms with E-state index in [9.17, 15) is 0 Å². The number of hydrogen-bond donors (Lipinski definition) is 2. The Morgan fingerprint density at radius 2 is 1.30 bits per heavy atom. The van der Waals surface area contributed by atoms with E-state index in [1.165, 1.54) is 0 Å². The largest absolute Gasteiger partial charge is 0.192 e. The van der Waals surface area contributed by atoms with Crippen LogP contribution in [-0.2, 0) is 0 Å². The molecule has 0 spiro atoms. The van der Waals surface area contributed by atoms with Gasteiger partial charge in [-0.15, -0.1) is 25.3 Å². The minimum Gasteiger partial charge on any atom is -0.192 e. The van der Waals surface area contributed by atoms with Gasteiger partial charge in [-0.05, 0) is 0 Å². The van der Waals surface area contributed by atoms with E-state index in [4.69, 9.17) is 10.5 Å². The summed E-state index contributed by atoms with van der Waals surface area (Å²) in [5.41, 5.74) is -0.0586. The van der Waals surface area contributed by atoms with Crippen LogP contribution >= 0.6 is 25.3 Å². The van der Waals surface area contributed by atoms with Crippen LogP contribution < -0.4 is 0 Å². The van der Waals surface area contributed by atoms with Crippen LogP contribution in [0.5, 0.6) is 0 Å². The molecule has 0 fully saturated rings. The van der Waals surface area contributed by atoms with E-state index in [-0.39, 0.29) is 68.9 Å². The molecule has 0 aromatic rings. The second-order valence-corrected chi connectivity index (χ2v) is 2.17. The zero-order valence-corrected chi connectivity index (χ0v) is 11.6. The smallest absolute Gasteiger partial charge is 0.149 e. The first-order chi connectivity index (χ1) is 3.72. The summed E-state index contributed by atoms with van der Waals surface area (Å²) in [4.78, 5) is 0. The fourth-order valence-electron chi connectivity index (χ4n) is 0.125. The third-order valence-corrected chi connectivity index (χ3v) is 0.894. The zero-order valence-electron chi connectivity index (χ0n) is 5.79. The molecule has 0 unspecified atom stereocenters. The summed E-state index contributed by atoms with van der Waals surface area (Å²) in [7, 11) is 0. The van der Waals surface area contributed by atoms with Crippen molar-refractivity contribution in [3.05, 3.63) is 9.81 Å². The summed E-state index contributed by atoms with van der Waals surface area (Å²) in [5, 5.41) is 16.1. The van der Waals surface area contributed by atoms with E-state index < -0.39 is 0 Å². The number of thiol groups is 2. The molecule has 0 saturated carbocycles. The third-order valence-electron chi connectivity index (χ3n) is 0.447. The van der Waals surface area contributed by atoms with Crippen molar-refractivity contribution in [3.63, 3.8) is 0 Å². The van der Waals surface area contributed by atoms with Crippen LogP contribution in [0.4, 0.5) is 0 Å². The number of hydrogen-bond acceptors (Lipinski definition) is 4. The molecule has 0 heterocycles. The number of rotatable bonds is 0. The first kappa shape index (κ1) is 17.5. The molecule has 42 valence electrons. The zero-order chi connectivity index (χ0) is 6.57. The Hall–Kier alpha value is 1.42. The number of nitrogens with zero attached hydrogens (tertiary/aromatic N) is 2. The molecule has 2 radical (unpaired) electrons. The summed E-state index contributed by atoms with van der Waals surface area (Å²) in [6.07, 6.45) is 0. The van der Waals surface area contributed by atoms with Crippen molar-refractivity contribution in [1.29, 1.82) is 10.5 Å². The number of allylic oxidation sites excluding steroid dienone is 1. The molecule has 0 aromatic heterocycles. The average Bonchev–Trinajstić information content (AvgIpc) is 1.69. The molecular weight excluding hydrogens is 186 g/mol. The van der Waals surface area contributed by atoms with Crippen molar-refractivity contribution < 1.29 is 0 Å². The molecule has 0 saturated heterocycles. The summed E-state index contributed by atoms with van der Waals surface area (Å²) >= 11 is 7.30. The molecule has 0 amide bonds. The van der Waals surface area contributed by atoms with Crippen LogP contribution in [0.15, 0.2) is 9.81 Å². The van der Waals surface area contributed by atoms with Crippen molar-refractivity contribution in [2.24, 2.45) is 0 Å². The van der Waals surface area contributed by atoms with E-state index in [1.807, 2.05) is 0 Å². The molecule has 0 aliphatic rings.